The molecule has 0 fully saturated rings. The number of aromatic nitrogens is 3. The minimum atomic E-state index is 0.386. The van der Waals surface area contributed by atoms with E-state index in [-0.39, 0.29) is 0 Å². The first-order chi connectivity index (χ1) is 7.61. The van der Waals surface area contributed by atoms with Crippen molar-refractivity contribution in [2.75, 3.05) is 0 Å². The van der Waals surface area contributed by atoms with Crippen LogP contribution in [0.3, 0.4) is 0 Å². The first kappa shape index (κ1) is 10.8. The lowest BCUT2D eigenvalue weighted by atomic mass is 9.99. The fraction of sp³-hybridized carbons (Fsp3) is 0.333. The summed E-state index contributed by atoms with van der Waals surface area (Å²) in [5, 5.41) is 7.03. The molecule has 0 saturated heterocycles. The van der Waals surface area contributed by atoms with Crippen LogP contribution in [0.5, 0.6) is 0 Å². The number of H-pyrrole nitrogens is 1. The van der Waals surface area contributed by atoms with Crippen LogP contribution in [0.1, 0.15) is 22.5 Å². The molecule has 2 rings (SSSR count). The van der Waals surface area contributed by atoms with Gasteiger partial charge in [0.1, 0.15) is 5.82 Å². The largest absolute Gasteiger partial charge is 0.324 e. The summed E-state index contributed by atoms with van der Waals surface area (Å²) >= 11 is 0. The van der Waals surface area contributed by atoms with Gasteiger partial charge in [0.25, 0.3) is 0 Å². The summed E-state index contributed by atoms with van der Waals surface area (Å²) in [5.41, 5.74) is 10.3. The maximum Gasteiger partial charge on any atom is 0.181 e. The Kier molecular flexibility index (Phi) is 2.75. The molecule has 0 spiro atoms. The molecule has 0 radical (unpaired) electrons. The Morgan fingerprint density at radius 1 is 1.19 bits per heavy atom. The third-order valence-corrected chi connectivity index (χ3v) is 2.63. The molecule has 4 nitrogen and oxygen atoms in total. The molecule has 1 heterocycles. The number of aryl methyl sites for hydroxylation is 3. The average Bonchev–Trinajstić information content (AvgIpc) is 2.64. The second-order valence-electron chi connectivity index (χ2n) is 4.08. The lowest BCUT2D eigenvalue weighted by Gasteiger charge is -2.07. The molecular weight excluding hydrogens is 200 g/mol. The summed E-state index contributed by atoms with van der Waals surface area (Å²) in [6.07, 6.45) is 0. The summed E-state index contributed by atoms with van der Waals surface area (Å²) in [5.74, 6) is 1.45. The van der Waals surface area contributed by atoms with E-state index in [0.29, 0.717) is 6.54 Å². The van der Waals surface area contributed by atoms with Crippen molar-refractivity contribution in [1.82, 2.24) is 15.2 Å². The highest BCUT2D eigenvalue weighted by Gasteiger charge is 2.11. The molecule has 0 aliphatic carbocycles. The molecule has 0 amide bonds. The lowest BCUT2D eigenvalue weighted by molar-refractivity contribution is 0.917. The van der Waals surface area contributed by atoms with Gasteiger partial charge in [-0.3, -0.25) is 5.10 Å². The fourth-order valence-corrected chi connectivity index (χ4v) is 2.03. The van der Waals surface area contributed by atoms with Gasteiger partial charge in [-0.05, 0) is 31.9 Å². The van der Waals surface area contributed by atoms with Crippen molar-refractivity contribution < 1.29 is 0 Å². The maximum atomic E-state index is 5.51. The molecule has 4 heteroatoms. The van der Waals surface area contributed by atoms with Gasteiger partial charge in [-0.25, -0.2) is 4.98 Å². The van der Waals surface area contributed by atoms with Crippen LogP contribution in [0.2, 0.25) is 0 Å². The van der Waals surface area contributed by atoms with E-state index in [1.807, 2.05) is 0 Å². The monoisotopic (exact) mass is 216 g/mol. The molecule has 0 unspecified atom stereocenters. The Bertz CT molecular complexity index is 490. The van der Waals surface area contributed by atoms with Gasteiger partial charge in [-0.1, -0.05) is 17.7 Å². The van der Waals surface area contributed by atoms with E-state index in [9.17, 15) is 0 Å². The quantitative estimate of drug-likeness (QED) is 0.805. The highest BCUT2D eigenvalue weighted by molar-refractivity contribution is 5.65. The highest BCUT2D eigenvalue weighted by Crippen LogP contribution is 2.25. The van der Waals surface area contributed by atoms with E-state index in [0.717, 1.165) is 17.2 Å². The Morgan fingerprint density at radius 2 is 1.81 bits per heavy atom. The summed E-state index contributed by atoms with van der Waals surface area (Å²) in [7, 11) is 0. The molecule has 0 atom stereocenters. The Hall–Kier alpha value is -1.68. The molecule has 3 N–H and O–H groups in total. The molecule has 1 aromatic heterocycles. The van der Waals surface area contributed by atoms with Gasteiger partial charge in [0, 0.05) is 5.56 Å². The lowest BCUT2D eigenvalue weighted by Crippen LogP contribution is -1.98. The third kappa shape index (κ3) is 1.84. The van der Waals surface area contributed by atoms with Gasteiger partial charge < -0.3 is 5.73 Å². The Morgan fingerprint density at radius 3 is 2.31 bits per heavy atom. The van der Waals surface area contributed by atoms with Crippen molar-refractivity contribution in [3.05, 3.63) is 34.6 Å². The van der Waals surface area contributed by atoms with E-state index in [1.54, 1.807) is 0 Å². The minimum absolute atomic E-state index is 0.386. The number of nitrogens with two attached hydrogens (primary N) is 1. The number of nitrogens with zero attached hydrogens (tertiary/aromatic N) is 2. The van der Waals surface area contributed by atoms with Crippen molar-refractivity contribution in [2.45, 2.75) is 27.3 Å². The second-order valence-corrected chi connectivity index (χ2v) is 4.08. The average molecular weight is 216 g/mol. The van der Waals surface area contributed by atoms with Crippen LogP contribution in [0.25, 0.3) is 11.4 Å². The van der Waals surface area contributed by atoms with Crippen molar-refractivity contribution in [3.63, 3.8) is 0 Å². The number of hydrogen-bond donors (Lipinski definition) is 2. The van der Waals surface area contributed by atoms with Crippen LogP contribution in [0.4, 0.5) is 0 Å². The molecular formula is C12H16N4. The molecule has 16 heavy (non-hydrogen) atoms. The summed E-state index contributed by atoms with van der Waals surface area (Å²) in [6, 6.07) is 4.28. The van der Waals surface area contributed by atoms with Gasteiger partial charge in [-0.2, -0.15) is 5.10 Å². The van der Waals surface area contributed by atoms with Gasteiger partial charge in [-0.15, -0.1) is 0 Å². The first-order valence-electron chi connectivity index (χ1n) is 5.31. The van der Waals surface area contributed by atoms with E-state index < -0.39 is 0 Å². The molecule has 0 saturated carbocycles. The predicted octanol–water partition coefficient (Wildman–Crippen LogP) is 1.86. The zero-order valence-corrected chi connectivity index (χ0v) is 9.83. The molecule has 1 aromatic carbocycles. The summed E-state index contributed by atoms with van der Waals surface area (Å²) in [4.78, 5) is 4.36. The van der Waals surface area contributed by atoms with Crippen LogP contribution < -0.4 is 5.73 Å². The topological polar surface area (TPSA) is 67.6 Å². The van der Waals surface area contributed by atoms with E-state index >= 15 is 0 Å². The highest BCUT2D eigenvalue weighted by atomic mass is 15.2. The van der Waals surface area contributed by atoms with Crippen molar-refractivity contribution in [2.24, 2.45) is 5.73 Å². The smallest absolute Gasteiger partial charge is 0.181 e. The van der Waals surface area contributed by atoms with E-state index in [4.69, 9.17) is 5.73 Å². The second kappa shape index (κ2) is 4.06. The first-order valence-corrected chi connectivity index (χ1v) is 5.31. The molecule has 2 aromatic rings. The van der Waals surface area contributed by atoms with Crippen LogP contribution in [-0.2, 0) is 6.54 Å². The zero-order chi connectivity index (χ0) is 11.7. The number of hydrogen-bond acceptors (Lipinski definition) is 3. The van der Waals surface area contributed by atoms with E-state index in [1.165, 1.54) is 16.7 Å². The van der Waals surface area contributed by atoms with Gasteiger partial charge >= 0.3 is 0 Å². The third-order valence-electron chi connectivity index (χ3n) is 2.63. The number of aromatic amines is 1. The molecule has 0 bridgehead atoms. The Labute approximate surface area is 94.9 Å². The maximum absolute atomic E-state index is 5.51. The van der Waals surface area contributed by atoms with Crippen LogP contribution in [-0.4, -0.2) is 15.2 Å². The van der Waals surface area contributed by atoms with Gasteiger partial charge in [0.15, 0.2) is 5.82 Å². The van der Waals surface area contributed by atoms with Crippen LogP contribution in [0.15, 0.2) is 12.1 Å². The zero-order valence-electron chi connectivity index (χ0n) is 9.83. The number of benzene rings is 1. The number of rotatable bonds is 2. The van der Waals surface area contributed by atoms with Crippen molar-refractivity contribution in [3.8, 4) is 11.4 Å². The van der Waals surface area contributed by atoms with Crippen LogP contribution in [0, 0.1) is 20.8 Å². The fourth-order valence-electron chi connectivity index (χ4n) is 2.03. The molecule has 84 valence electrons. The Balaban J connectivity index is 2.55. The summed E-state index contributed by atoms with van der Waals surface area (Å²) in [6.45, 7) is 6.63. The minimum Gasteiger partial charge on any atom is -0.324 e. The predicted molar refractivity (Wildman–Crippen MR) is 63.9 cm³/mol. The van der Waals surface area contributed by atoms with Gasteiger partial charge in [0.05, 0.1) is 6.54 Å². The molecule has 0 aliphatic heterocycles. The van der Waals surface area contributed by atoms with Crippen LogP contribution >= 0.6 is 0 Å². The normalized spacial score (nSPS) is 10.8. The SMILES string of the molecule is Cc1cc(C)c(-c2n[nH]c(CN)n2)c(C)c1. The standard InChI is InChI=1S/C12H16N4/c1-7-4-8(2)11(9(3)5-7)12-14-10(6-13)15-16-12/h4-5H,6,13H2,1-3H3,(H,14,15,16). The van der Waals surface area contributed by atoms with Gasteiger partial charge in [0.2, 0.25) is 0 Å². The molecule has 0 aliphatic rings. The van der Waals surface area contributed by atoms with Crippen molar-refractivity contribution in [1.29, 1.82) is 0 Å². The number of nitrogens with one attached hydrogen (secondary N) is 1. The van der Waals surface area contributed by atoms with E-state index in [2.05, 4.69) is 48.1 Å². The van der Waals surface area contributed by atoms with Crippen molar-refractivity contribution >= 4 is 0 Å². The summed E-state index contributed by atoms with van der Waals surface area (Å²) < 4.78 is 0.